The monoisotopic (exact) mass is 402 g/mol. The fourth-order valence-corrected chi connectivity index (χ4v) is 3.67. The van der Waals surface area contributed by atoms with Crippen molar-refractivity contribution < 1.29 is 9.53 Å². The molecule has 2 aromatic carbocycles. The first-order chi connectivity index (χ1) is 13.1. The van der Waals surface area contributed by atoms with Gasteiger partial charge in [0, 0.05) is 5.02 Å². The summed E-state index contributed by atoms with van der Waals surface area (Å²) in [6.45, 7) is 1.90. The van der Waals surface area contributed by atoms with Gasteiger partial charge in [0.1, 0.15) is 12.1 Å². The van der Waals surface area contributed by atoms with Gasteiger partial charge in [-0.3, -0.25) is 9.36 Å². The maximum absolute atomic E-state index is 12.3. The molecule has 0 saturated carbocycles. The number of nitrogens with one attached hydrogen (secondary N) is 1. The van der Waals surface area contributed by atoms with Crippen LogP contribution in [0.25, 0.3) is 5.69 Å². The fraction of sp³-hybridized carbons (Fsp3) is 0.211. The Morgan fingerprint density at radius 1 is 1.26 bits per heavy atom. The molecule has 0 aliphatic heterocycles. The number of carbonyl (C=O) groups is 1. The summed E-state index contributed by atoms with van der Waals surface area (Å²) in [5, 5.41) is 12.3. The van der Waals surface area contributed by atoms with Gasteiger partial charge in [0.15, 0.2) is 5.16 Å². The van der Waals surface area contributed by atoms with E-state index in [1.54, 1.807) is 18.0 Å². The van der Waals surface area contributed by atoms with Crippen LogP contribution in [0.5, 0.6) is 5.75 Å². The van der Waals surface area contributed by atoms with Gasteiger partial charge in [0.25, 0.3) is 0 Å². The molecule has 1 unspecified atom stereocenters. The van der Waals surface area contributed by atoms with E-state index in [-0.39, 0.29) is 17.7 Å². The topological polar surface area (TPSA) is 69.0 Å². The van der Waals surface area contributed by atoms with Gasteiger partial charge in [-0.05, 0) is 30.7 Å². The van der Waals surface area contributed by atoms with Crippen molar-refractivity contribution in [2.24, 2.45) is 0 Å². The number of nitrogens with zero attached hydrogens (tertiary/aromatic N) is 3. The quantitative estimate of drug-likeness (QED) is 0.607. The number of rotatable bonds is 7. The summed E-state index contributed by atoms with van der Waals surface area (Å²) in [6.07, 6.45) is 1.60. The minimum Gasteiger partial charge on any atom is -0.495 e. The van der Waals surface area contributed by atoms with Crippen LogP contribution >= 0.6 is 23.4 Å². The van der Waals surface area contributed by atoms with Crippen molar-refractivity contribution in [3.05, 3.63) is 65.4 Å². The number of para-hydroxylation sites is 2. The van der Waals surface area contributed by atoms with Crippen molar-refractivity contribution in [1.29, 1.82) is 0 Å². The van der Waals surface area contributed by atoms with E-state index in [1.165, 1.54) is 11.8 Å². The van der Waals surface area contributed by atoms with Crippen molar-refractivity contribution in [1.82, 2.24) is 20.1 Å². The van der Waals surface area contributed by atoms with Crippen LogP contribution in [0, 0.1) is 0 Å². The molecule has 1 heterocycles. The molecule has 1 aromatic heterocycles. The van der Waals surface area contributed by atoms with E-state index in [1.807, 2.05) is 55.5 Å². The molecular formula is C19H19ClN4O2S. The average molecular weight is 403 g/mol. The SMILES string of the molecule is COc1ccccc1-n1cnnc1SCC(=O)NC(C)c1ccccc1Cl. The molecule has 6 nitrogen and oxygen atoms in total. The number of carbonyl (C=O) groups excluding carboxylic acids is 1. The van der Waals surface area contributed by atoms with E-state index in [4.69, 9.17) is 16.3 Å². The van der Waals surface area contributed by atoms with Gasteiger partial charge in [-0.1, -0.05) is 53.7 Å². The molecule has 0 radical (unpaired) electrons. The highest BCUT2D eigenvalue weighted by Crippen LogP contribution is 2.27. The van der Waals surface area contributed by atoms with Crippen LogP contribution in [0.15, 0.2) is 60.0 Å². The Balaban J connectivity index is 1.65. The smallest absolute Gasteiger partial charge is 0.230 e. The first-order valence-electron chi connectivity index (χ1n) is 8.30. The molecule has 0 aliphatic carbocycles. The number of methoxy groups -OCH3 is 1. The van der Waals surface area contributed by atoms with E-state index >= 15 is 0 Å². The largest absolute Gasteiger partial charge is 0.495 e. The van der Waals surface area contributed by atoms with E-state index in [0.29, 0.717) is 15.9 Å². The zero-order valence-corrected chi connectivity index (χ0v) is 16.5. The minimum atomic E-state index is -0.182. The first-order valence-corrected chi connectivity index (χ1v) is 9.66. The van der Waals surface area contributed by atoms with Crippen LogP contribution in [-0.2, 0) is 4.79 Å². The van der Waals surface area contributed by atoms with Gasteiger partial charge in [0.2, 0.25) is 5.91 Å². The molecule has 27 heavy (non-hydrogen) atoms. The summed E-state index contributed by atoms with van der Waals surface area (Å²) in [5.41, 5.74) is 1.70. The highest BCUT2D eigenvalue weighted by molar-refractivity contribution is 7.99. The predicted molar refractivity (Wildman–Crippen MR) is 107 cm³/mol. The molecule has 0 bridgehead atoms. The van der Waals surface area contributed by atoms with Crippen molar-refractivity contribution >= 4 is 29.3 Å². The summed E-state index contributed by atoms with van der Waals surface area (Å²) in [5.74, 6) is 0.806. The Labute approximate surface area is 166 Å². The lowest BCUT2D eigenvalue weighted by Gasteiger charge is -2.15. The summed E-state index contributed by atoms with van der Waals surface area (Å²) >= 11 is 7.49. The molecule has 0 fully saturated rings. The van der Waals surface area contributed by atoms with Gasteiger partial charge in [0.05, 0.1) is 24.6 Å². The number of ether oxygens (including phenoxy) is 1. The van der Waals surface area contributed by atoms with Crippen molar-refractivity contribution in [2.45, 2.75) is 18.1 Å². The lowest BCUT2D eigenvalue weighted by Crippen LogP contribution is -2.28. The maximum atomic E-state index is 12.3. The molecule has 1 amide bonds. The van der Waals surface area contributed by atoms with Crippen LogP contribution in [0.3, 0.4) is 0 Å². The third-order valence-electron chi connectivity index (χ3n) is 3.94. The number of amides is 1. The molecule has 0 saturated heterocycles. The third kappa shape index (κ3) is 4.61. The number of hydrogen-bond donors (Lipinski definition) is 1. The van der Waals surface area contributed by atoms with Crippen LogP contribution in [0.1, 0.15) is 18.5 Å². The van der Waals surface area contributed by atoms with E-state index < -0.39 is 0 Å². The predicted octanol–water partition coefficient (Wildman–Crippen LogP) is 3.90. The molecule has 8 heteroatoms. The summed E-state index contributed by atoms with van der Waals surface area (Å²) in [6, 6.07) is 14.9. The zero-order valence-electron chi connectivity index (χ0n) is 14.9. The minimum absolute atomic E-state index is 0.109. The van der Waals surface area contributed by atoms with Gasteiger partial charge in [-0.2, -0.15) is 0 Å². The Hall–Kier alpha value is -2.51. The van der Waals surface area contributed by atoms with E-state index in [9.17, 15) is 4.79 Å². The van der Waals surface area contributed by atoms with Crippen molar-refractivity contribution in [3.8, 4) is 11.4 Å². The molecule has 140 valence electrons. The van der Waals surface area contributed by atoms with Crippen molar-refractivity contribution in [2.75, 3.05) is 12.9 Å². The summed E-state index contributed by atoms with van der Waals surface area (Å²) < 4.78 is 7.18. The Morgan fingerprint density at radius 2 is 2.00 bits per heavy atom. The Morgan fingerprint density at radius 3 is 2.78 bits per heavy atom. The van der Waals surface area contributed by atoms with E-state index in [2.05, 4.69) is 15.5 Å². The molecule has 3 rings (SSSR count). The summed E-state index contributed by atoms with van der Waals surface area (Å²) in [7, 11) is 1.61. The number of hydrogen-bond acceptors (Lipinski definition) is 5. The van der Waals surface area contributed by atoms with Crippen LogP contribution < -0.4 is 10.1 Å². The second-order valence-electron chi connectivity index (χ2n) is 5.75. The average Bonchev–Trinajstić information content (AvgIpc) is 3.15. The molecule has 0 spiro atoms. The second-order valence-corrected chi connectivity index (χ2v) is 7.10. The molecule has 3 aromatic rings. The molecule has 1 N–H and O–H groups in total. The highest BCUT2D eigenvalue weighted by atomic mass is 35.5. The van der Waals surface area contributed by atoms with Crippen molar-refractivity contribution in [3.63, 3.8) is 0 Å². The standard InChI is InChI=1S/C19H19ClN4O2S/c1-13(14-7-3-4-8-15(14)20)22-18(25)11-27-19-23-21-12-24(19)16-9-5-6-10-17(16)26-2/h3-10,12-13H,11H2,1-2H3,(H,22,25). The van der Waals surface area contributed by atoms with Gasteiger partial charge >= 0.3 is 0 Å². The Bertz CT molecular complexity index is 931. The number of halogens is 1. The molecule has 0 aliphatic rings. The lowest BCUT2D eigenvalue weighted by atomic mass is 10.1. The molecule has 1 atom stereocenters. The zero-order chi connectivity index (χ0) is 19.2. The number of thioether (sulfide) groups is 1. The first kappa shape index (κ1) is 19.3. The van der Waals surface area contributed by atoms with Crippen LogP contribution in [-0.4, -0.2) is 33.5 Å². The highest BCUT2D eigenvalue weighted by Gasteiger charge is 2.15. The summed E-state index contributed by atoms with van der Waals surface area (Å²) in [4.78, 5) is 12.3. The van der Waals surface area contributed by atoms with Crippen LogP contribution in [0.4, 0.5) is 0 Å². The third-order valence-corrected chi connectivity index (χ3v) is 5.23. The fourth-order valence-electron chi connectivity index (χ4n) is 2.63. The normalized spacial score (nSPS) is 11.8. The van der Waals surface area contributed by atoms with Crippen LogP contribution in [0.2, 0.25) is 5.02 Å². The second kappa shape index (κ2) is 8.92. The Kier molecular flexibility index (Phi) is 6.36. The van der Waals surface area contributed by atoms with Gasteiger partial charge < -0.3 is 10.1 Å². The maximum Gasteiger partial charge on any atom is 0.230 e. The molecular weight excluding hydrogens is 384 g/mol. The van der Waals surface area contributed by atoms with E-state index in [0.717, 1.165) is 11.3 Å². The number of benzene rings is 2. The van der Waals surface area contributed by atoms with Gasteiger partial charge in [-0.25, -0.2) is 0 Å². The van der Waals surface area contributed by atoms with Gasteiger partial charge in [-0.15, -0.1) is 10.2 Å². The lowest BCUT2D eigenvalue weighted by molar-refractivity contribution is -0.119. The number of aromatic nitrogens is 3.